The van der Waals surface area contributed by atoms with E-state index in [4.69, 9.17) is 18.6 Å². The number of ether oxygens (including phenoxy) is 3. The van der Waals surface area contributed by atoms with Crippen molar-refractivity contribution in [2.24, 2.45) is 0 Å². The molecule has 32 heavy (non-hydrogen) atoms. The first-order chi connectivity index (χ1) is 15.0. The van der Waals surface area contributed by atoms with E-state index in [1.165, 1.54) is 11.1 Å². The highest BCUT2D eigenvalue weighted by Gasteiger charge is 2.48. The number of cyclic esters (lactones) is 1. The minimum absolute atomic E-state index is 0.0206. The van der Waals surface area contributed by atoms with Crippen molar-refractivity contribution in [1.82, 2.24) is 4.90 Å². The van der Waals surface area contributed by atoms with Gasteiger partial charge in [-0.2, -0.15) is 0 Å². The Balaban J connectivity index is 1.73. The second-order valence-corrected chi connectivity index (χ2v) is 16.0. The number of hydrogen-bond donors (Lipinski definition) is 0. The van der Waals surface area contributed by atoms with Crippen molar-refractivity contribution in [1.29, 1.82) is 0 Å². The number of carbonyl (C=O) groups is 1. The lowest BCUT2D eigenvalue weighted by Crippen LogP contribution is -2.52. The fourth-order valence-electron chi connectivity index (χ4n) is 4.64. The molecule has 0 saturated carbocycles. The van der Waals surface area contributed by atoms with Crippen LogP contribution < -0.4 is 9.47 Å². The molecular weight excluding hydrogens is 490 g/mol. The van der Waals surface area contributed by atoms with Gasteiger partial charge in [-0.3, -0.25) is 4.90 Å². The van der Waals surface area contributed by atoms with Crippen molar-refractivity contribution >= 4 is 30.3 Å². The van der Waals surface area contributed by atoms with E-state index < -0.39 is 8.32 Å². The van der Waals surface area contributed by atoms with Crippen LogP contribution >= 0.6 is 15.9 Å². The van der Waals surface area contributed by atoms with Gasteiger partial charge in [-0.15, -0.1) is 0 Å². The number of nitrogens with zero attached hydrogens (tertiary/aromatic N) is 1. The molecule has 1 saturated heterocycles. The lowest BCUT2D eigenvalue weighted by atomic mass is 9.80. The second-order valence-electron chi connectivity index (χ2n) is 10.4. The number of fused-ring (bicyclic) bond motifs is 2. The van der Waals surface area contributed by atoms with Crippen molar-refractivity contribution in [3.05, 3.63) is 33.8 Å². The van der Waals surface area contributed by atoms with Gasteiger partial charge >= 0.3 is 6.09 Å². The van der Waals surface area contributed by atoms with Gasteiger partial charge in [0, 0.05) is 6.54 Å². The Hall–Kier alpha value is -1.51. The van der Waals surface area contributed by atoms with Crippen LogP contribution in [-0.2, 0) is 9.16 Å². The molecule has 6 nitrogen and oxygen atoms in total. The highest BCUT2D eigenvalue weighted by atomic mass is 79.9. The SMILES string of the molecule is COc1cccc(Br)c1O[C@@H]1C2=C(CC[C@@H]1O[Si](C)(C)C(C)(C)C)[C@H]1COC(=O)N1CC2. The van der Waals surface area contributed by atoms with Crippen LogP contribution in [-0.4, -0.2) is 57.8 Å². The van der Waals surface area contributed by atoms with E-state index in [9.17, 15) is 4.79 Å². The van der Waals surface area contributed by atoms with Gasteiger partial charge in [0.2, 0.25) is 0 Å². The maximum atomic E-state index is 12.2. The van der Waals surface area contributed by atoms with Crippen LogP contribution in [0.1, 0.15) is 40.0 Å². The molecule has 0 unspecified atom stereocenters. The predicted molar refractivity (Wildman–Crippen MR) is 130 cm³/mol. The van der Waals surface area contributed by atoms with Crippen LogP contribution in [0.5, 0.6) is 11.5 Å². The quantitative estimate of drug-likeness (QED) is 0.354. The summed E-state index contributed by atoms with van der Waals surface area (Å²) in [5.41, 5.74) is 2.55. The number of amides is 1. The lowest BCUT2D eigenvalue weighted by Gasteiger charge is -2.46. The fourth-order valence-corrected chi connectivity index (χ4v) is 6.43. The second kappa shape index (κ2) is 8.69. The number of halogens is 1. The molecule has 1 fully saturated rings. The normalized spacial score (nSPS) is 25.9. The zero-order chi connectivity index (χ0) is 23.3. The van der Waals surface area contributed by atoms with Crippen molar-refractivity contribution in [2.75, 3.05) is 20.3 Å². The van der Waals surface area contributed by atoms with E-state index in [0.29, 0.717) is 24.7 Å². The number of para-hydroxylation sites is 1. The molecule has 1 aliphatic carbocycles. The third kappa shape index (κ3) is 4.21. The minimum Gasteiger partial charge on any atom is -0.493 e. The Morgan fingerprint density at radius 1 is 1.19 bits per heavy atom. The molecular formula is C24H34BrNO5Si. The van der Waals surface area contributed by atoms with Crippen molar-refractivity contribution < 1.29 is 23.4 Å². The summed E-state index contributed by atoms with van der Waals surface area (Å²) in [5.74, 6) is 1.38. The zero-order valence-electron chi connectivity index (χ0n) is 19.9. The molecule has 0 N–H and O–H groups in total. The van der Waals surface area contributed by atoms with Crippen LogP contribution in [0.25, 0.3) is 0 Å². The first-order valence-corrected chi connectivity index (χ1v) is 15.1. The Morgan fingerprint density at radius 2 is 1.94 bits per heavy atom. The van der Waals surface area contributed by atoms with Gasteiger partial charge in [0.1, 0.15) is 12.7 Å². The summed E-state index contributed by atoms with van der Waals surface area (Å²) in [6.45, 7) is 12.5. The van der Waals surface area contributed by atoms with Crippen molar-refractivity contribution in [3.63, 3.8) is 0 Å². The minimum atomic E-state index is -2.02. The molecule has 1 amide bonds. The summed E-state index contributed by atoms with van der Waals surface area (Å²) in [6, 6.07) is 5.83. The van der Waals surface area contributed by atoms with Crippen LogP contribution in [0, 0.1) is 0 Å². The topological polar surface area (TPSA) is 57.2 Å². The number of methoxy groups -OCH3 is 1. The number of rotatable bonds is 5. The predicted octanol–water partition coefficient (Wildman–Crippen LogP) is 5.91. The third-order valence-electron chi connectivity index (χ3n) is 7.44. The Morgan fingerprint density at radius 3 is 2.62 bits per heavy atom. The fraction of sp³-hybridized carbons (Fsp3) is 0.625. The monoisotopic (exact) mass is 523 g/mol. The molecule has 8 heteroatoms. The first-order valence-electron chi connectivity index (χ1n) is 11.4. The van der Waals surface area contributed by atoms with Crippen LogP contribution in [0.15, 0.2) is 33.8 Å². The molecule has 0 radical (unpaired) electrons. The van der Waals surface area contributed by atoms with E-state index in [1.807, 2.05) is 23.1 Å². The molecule has 2 aliphatic heterocycles. The van der Waals surface area contributed by atoms with Gasteiger partial charge in [0.05, 0.1) is 23.7 Å². The zero-order valence-corrected chi connectivity index (χ0v) is 22.5. The molecule has 3 aliphatic rings. The van der Waals surface area contributed by atoms with Crippen LogP contribution in [0.4, 0.5) is 4.79 Å². The van der Waals surface area contributed by atoms with E-state index in [2.05, 4.69) is 49.8 Å². The van der Waals surface area contributed by atoms with Crippen molar-refractivity contribution in [2.45, 2.75) is 76.4 Å². The van der Waals surface area contributed by atoms with Crippen LogP contribution in [0.2, 0.25) is 18.1 Å². The molecule has 3 atom stereocenters. The summed E-state index contributed by atoms with van der Waals surface area (Å²) in [7, 11) is -0.359. The van der Waals surface area contributed by atoms with E-state index >= 15 is 0 Å². The molecule has 0 aromatic heterocycles. The number of carbonyl (C=O) groups excluding carboxylic acids is 1. The standard InChI is InChI=1S/C24H34BrNO5Si/c1-24(2,3)32(5,6)31-20-11-10-15-16(12-13-26-18(15)14-29-23(26)27)21(20)30-22-17(25)8-7-9-19(22)28-4/h7-9,18,20-21H,10-14H2,1-6H3/t18-,20+,21-/m1/s1. The summed E-state index contributed by atoms with van der Waals surface area (Å²) in [4.78, 5) is 14.0. The largest absolute Gasteiger partial charge is 0.493 e. The van der Waals surface area contributed by atoms with Crippen LogP contribution in [0.3, 0.4) is 0 Å². The lowest BCUT2D eigenvalue weighted by molar-refractivity contribution is 0.0427. The van der Waals surface area contributed by atoms with E-state index in [1.54, 1.807) is 7.11 Å². The summed E-state index contributed by atoms with van der Waals surface area (Å²) in [6.07, 6.45) is 2.07. The average Bonchev–Trinajstić information content (AvgIpc) is 3.10. The summed E-state index contributed by atoms with van der Waals surface area (Å²) >= 11 is 3.64. The highest BCUT2D eigenvalue weighted by Crippen LogP contribution is 2.45. The Kier molecular flexibility index (Phi) is 6.42. The molecule has 1 aromatic rings. The third-order valence-corrected chi connectivity index (χ3v) is 12.6. The van der Waals surface area contributed by atoms with Gasteiger partial charge in [-0.05, 0) is 76.6 Å². The highest BCUT2D eigenvalue weighted by molar-refractivity contribution is 9.10. The van der Waals surface area contributed by atoms with E-state index in [-0.39, 0.29) is 29.4 Å². The smallest absolute Gasteiger partial charge is 0.410 e. The summed E-state index contributed by atoms with van der Waals surface area (Å²) in [5, 5.41) is 0.103. The molecule has 176 valence electrons. The Bertz CT molecular complexity index is 925. The van der Waals surface area contributed by atoms with E-state index in [0.717, 1.165) is 23.7 Å². The van der Waals surface area contributed by atoms with Gasteiger partial charge in [-0.1, -0.05) is 26.8 Å². The molecule has 1 aromatic carbocycles. The molecule has 0 spiro atoms. The molecule has 0 bridgehead atoms. The number of hydrogen-bond acceptors (Lipinski definition) is 5. The average molecular weight is 525 g/mol. The Labute approximate surface area is 200 Å². The van der Waals surface area contributed by atoms with Gasteiger partial charge < -0.3 is 18.6 Å². The maximum Gasteiger partial charge on any atom is 0.410 e. The first kappa shape index (κ1) is 23.6. The molecule has 2 heterocycles. The van der Waals surface area contributed by atoms with Gasteiger partial charge in [-0.25, -0.2) is 4.79 Å². The van der Waals surface area contributed by atoms with Crippen molar-refractivity contribution in [3.8, 4) is 11.5 Å². The molecule has 4 rings (SSSR count). The van der Waals surface area contributed by atoms with Gasteiger partial charge in [0.15, 0.2) is 19.8 Å². The number of benzene rings is 1. The summed E-state index contributed by atoms with van der Waals surface area (Å²) < 4.78 is 25.5. The van der Waals surface area contributed by atoms with Gasteiger partial charge in [0.25, 0.3) is 0 Å². The maximum absolute atomic E-state index is 12.2.